The summed E-state index contributed by atoms with van der Waals surface area (Å²) in [6.45, 7) is 5.63. The van der Waals surface area contributed by atoms with Crippen LogP contribution in [0.25, 0.3) is 0 Å². The molecule has 4 amide bonds. The third-order valence-electron chi connectivity index (χ3n) is 6.38. The summed E-state index contributed by atoms with van der Waals surface area (Å²) in [6.07, 6.45) is 2.54. The van der Waals surface area contributed by atoms with Gasteiger partial charge < -0.3 is 26.4 Å². The Morgan fingerprint density at radius 2 is 1.78 bits per heavy atom. The first kappa shape index (κ1) is 31.9. The van der Waals surface area contributed by atoms with Gasteiger partial charge in [-0.1, -0.05) is 6.07 Å². The molecular formula is C26H40N8O6S. The highest BCUT2D eigenvalue weighted by Crippen LogP contribution is 2.40. The Kier molecular flexibility index (Phi) is 12.4. The number of aromatic nitrogens is 2. The molecule has 0 radical (unpaired) electrons. The second-order valence-corrected chi connectivity index (χ2v) is 12.0. The second-order valence-electron chi connectivity index (χ2n) is 9.59. The van der Waals surface area contributed by atoms with Gasteiger partial charge in [-0.05, 0) is 49.9 Å². The van der Waals surface area contributed by atoms with E-state index in [1.165, 1.54) is 12.3 Å². The van der Waals surface area contributed by atoms with Gasteiger partial charge >= 0.3 is 12.1 Å². The molecule has 1 saturated heterocycles. The second kappa shape index (κ2) is 16.0. The zero-order valence-corrected chi connectivity index (χ0v) is 24.0. The molecule has 14 nitrogen and oxygen atoms in total. The van der Waals surface area contributed by atoms with Crippen molar-refractivity contribution in [1.82, 2.24) is 30.8 Å². The van der Waals surface area contributed by atoms with Gasteiger partial charge in [0.15, 0.2) is 0 Å². The number of carbonyl (C=O) groups excluding carboxylic acids is 2. The lowest BCUT2D eigenvalue weighted by Gasteiger charge is -2.40. The number of amides is 4. The van der Waals surface area contributed by atoms with Gasteiger partial charge in [0.1, 0.15) is 11.6 Å². The number of nitrogens with one attached hydrogen (secondary N) is 5. The van der Waals surface area contributed by atoms with Crippen LogP contribution in [0.1, 0.15) is 41.4 Å². The van der Waals surface area contributed by atoms with Crippen LogP contribution in [0.5, 0.6) is 0 Å². The van der Waals surface area contributed by atoms with E-state index in [1.54, 1.807) is 12.1 Å². The summed E-state index contributed by atoms with van der Waals surface area (Å²) in [4.78, 5) is 46.2. The first-order valence-corrected chi connectivity index (χ1v) is 15.5. The fourth-order valence-corrected chi connectivity index (χ4v) is 5.43. The van der Waals surface area contributed by atoms with Crippen molar-refractivity contribution >= 4 is 40.3 Å². The number of carboxylic acid groups (broad SMARTS) is 1. The van der Waals surface area contributed by atoms with E-state index < -0.39 is 16.7 Å². The summed E-state index contributed by atoms with van der Waals surface area (Å²) in [5.74, 6) is 1.30. The Bertz CT molecular complexity index is 1160. The van der Waals surface area contributed by atoms with E-state index in [-0.39, 0.29) is 24.3 Å². The summed E-state index contributed by atoms with van der Waals surface area (Å²) in [5.41, 5.74) is 2.06. The van der Waals surface area contributed by atoms with Gasteiger partial charge in [0.05, 0.1) is 17.1 Å². The molecule has 0 spiro atoms. The highest BCUT2D eigenvalue weighted by atomic mass is 32.3. The van der Waals surface area contributed by atoms with Gasteiger partial charge in [-0.25, -0.2) is 19.6 Å². The van der Waals surface area contributed by atoms with Gasteiger partial charge in [-0.3, -0.25) is 24.1 Å². The maximum Gasteiger partial charge on any atom is 0.410 e. The lowest BCUT2D eigenvalue weighted by atomic mass is 10.1. The van der Waals surface area contributed by atoms with Crippen LogP contribution < -0.4 is 26.6 Å². The quantitative estimate of drug-likeness (QED) is 0.151. The number of hydrogen-bond acceptors (Lipinski definition) is 9. The number of rotatable bonds is 14. The zero-order chi connectivity index (χ0) is 29.7. The molecule has 226 valence electrons. The van der Waals surface area contributed by atoms with Crippen molar-refractivity contribution in [2.75, 3.05) is 61.4 Å². The van der Waals surface area contributed by atoms with Gasteiger partial charge in [-0.15, -0.1) is 0 Å². The number of anilines is 2. The molecule has 0 aromatic carbocycles. The lowest BCUT2D eigenvalue weighted by molar-refractivity contribution is 0.0949. The van der Waals surface area contributed by atoms with Gasteiger partial charge in [0, 0.05) is 57.7 Å². The molecule has 2 aromatic rings. The van der Waals surface area contributed by atoms with E-state index in [4.69, 9.17) is 5.11 Å². The van der Waals surface area contributed by atoms with Gasteiger partial charge in [0.2, 0.25) is 0 Å². The van der Waals surface area contributed by atoms with Crippen molar-refractivity contribution in [2.45, 2.75) is 32.7 Å². The highest BCUT2D eigenvalue weighted by Gasteiger charge is 2.22. The molecule has 0 atom stereocenters. The molecule has 1 aliphatic rings. The largest absolute Gasteiger partial charge is 0.465 e. The van der Waals surface area contributed by atoms with Crippen molar-refractivity contribution < 1.29 is 28.6 Å². The zero-order valence-electron chi connectivity index (χ0n) is 23.2. The topological polar surface area (TPSA) is 201 Å². The molecule has 0 saturated carbocycles. The van der Waals surface area contributed by atoms with Crippen LogP contribution in [0.2, 0.25) is 0 Å². The lowest BCUT2D eigenvalue weighted by Crippen LogP contribution is -2.42. The van der Waals surface area contributed by atoms with Crippen LogP contribution in [-0.2, 0) is 13.0 Å². The molecule has 15 heteroatoms. The van der Waals surface area contributed by atoms with Crippen LogP contribution in [-0.4, -0.2) is 97.9 Å². The Morgan fingerprint density at radius 3 is 2.46 bits per heavy atom. The van der Waals surface area contributed by atoms with Crippen molar-refractivity contribution in [3.05, 3.63) is 47.3 Å². The predicted molar refractivity (Wildman–Crippen MR) is 159 cm³/mol. The number of unbranched alkanes of at least 4 members (excludes halogenated alkanes) is 1. The molecule has 2 aromatic heterocycles. The highest BCUT2D eigenvalue weighted by molar-refractivity contribution is 8.24. The summed E-state index contributed by atoms with van der Waals surface area (Å²) in [5, 5.41) is 22.5. The molecule has 1 fully saturated rings. The third-order valence-corrected chi connectivity index (χ3v) is 8.06. The molecular weight excluding hydrogens is 552 g/mol. The Balaban J connectivity index is 1.35. The summed E-state index contributed by atoms with van der Waals surface area (Å²) < 4.78 is 19.5. The van der Waals surface area contributed by atoms with Crippen LogP contribution >= 0.6 is 10.6 Å². The average molecular weight is 593 g/mol. The summed E-state index contributed by atoms with van der Waals surface area (Å²) in [6, 6.07) is 6.51. The first-order valence-electron chi connectivity index (χ1n) is 13.6. The molecule has 3 rings (SSSR count). The smallest absolute Gasteiger partial charge is 0.410 e. The molecule has 41 heavy (non-hydrogen) atoms. The fourth-order valence-electron chi connectivity index (χ4n) is 4.13. The molecule has 0 aliphatic carbocycles. The minimum Gasteiger partial charge on any atom is -0.465 e. The summed E-state index contributed by atoms with van der Waals surface area (Å²) >= 11 is 0. The normalized spacial score (nSPS) is 15.4. The van der Waals surface area contributed by atoms with Crippen LogP contribution in [0, 0.1) is 0 Å². The fraction of sp³-hybridized carbons (Fsp3) is 0.500. The van der Waals surface area contributed by atoms with Crippen molar-refractivity contribution in [2.24, 2.45) is 0 Å². The van der Waals surface area contributed by atoms with E-state index in [9.17, 15) is 23.5 Å². The summed E-state index contributed by atoms with van der Waals surface area (Å²) in [7, 11) is -2.43. The molecule has 8 N–H and O–H groups in total. The first-order chi connectivity index (χ1) is 19.6. The van der Waals surface area contributed by atoms with Gasteiger partial charge in [0.25, 0.3) is 5.91 Å². The molecule has 3 heterocycles. The van der Waals surface area contributed by atoms with E-state index in [1.807, 2.05) is 13.0 Å². The number of carbonyl (C=O) groups is 3. The molecule has 0 bridgehead atoms. The monoisotopic (exact) mass is 592 g/mol. The number of nitrogens with zero attached hydrogens (tertiary/aromatic N) is 3. The third kappa shape index (κ3) is 11.4. The van der Waals surface area contributed by atoms with Crippen LogP contribution in [0.15, 0.2) is 30.5 Å². The maximum absolute atomic E-state index is 12.8. The predicted octanol–water partition coefficient (Wildman–Crippen LogP) is 2.62. The van der Waals surface area contributed by atoms with Gasteiger partial charge in [-0.2, -0.15) is 10.6 Å². The average Bonchev–Trinajstić information content (AvgIpc) is 2.93. The minimum atomic E-state index is -2.43. The Labute approximate surface area is 241 Å². The Hall–Kier alpha value is -3.66. The van der Waals surface area contributed by atoms with E-state index in [2.05, 4.69) is 41.5 Å². The number of aryl methyl sites for hydroxylation is 1. The van der Waals surface area contributed by atoms with E-state index in [0.717, 1.165) is 24.1 Å². The SMILES string of the molecule is CCNc1nc(CCCCNC(=O)NCc2ccc(NC(=O)O)nc2)ccc1C(=O)NCCN1CCS(O)(O)CC1. The molecule has 0 unspecified atom stereocenters. The van der Waals surface area contributed by atoms with Crippen molar-refractivity contribution in [3.63, 3.8) is 0 Å². The minimum absolute atomic E-state index is 0.208. The number of hydrogen-bond donors (Lipinski definition) is 8. The molecule has 1 aliphatic heterocycles. The van der Waals surface area contributed by atoms with Crippen molar-refractivity contribution in [3.8, 4) is 0 Å². The maximum atomic E-state index is 12.8. The van der Waals surface area contributed by atoms with E-state index >= 15 is 0 Å². The van der Waals surface area contributed by atoms with Crippen LogP contribution in [0.4, 0.5) is 21.2 Å². The number of urea groups is 1. The van der Waals surface area contributed by atoms with Crippen LogP contribution in [0.3, 0.4) is 0 Å². The van der Waals surface area contributed by atoms with E-state index in [0.29, 0.717) is 68.6 Å². The Morgan fingerprint density at radius 1 is 1.00 bits per heavy atom. The standard InChI is InChI=1S/C26H40N8O6S/c1-2-27-23-21(24(35)28-11-12-34-13-15-41(39,40)16-14-34)8-7-20(32-23)5-3-4-10-29-25(36)31-18-19-6-9-22(30-17-19)33-26(37)38/h6-9,17,39-40H,2-5,10-16,18H2,1H3,(H,27,32)(H,28,35)(H,30,33)(H,37,38)(H2,29,31,36). The van der Waals surface area contributed by atoms with Crippen molar-refractivity contribution in [1.29, 1.82) is 0 Å². The number of pyridine rings is 2.